The molecule has 8 heteroatoms. The Bertz CT molecular complexity index is 591. The van der Waals surface area contributed by atoms with Gasteiger partial charge in [-0.05, 0) is 30.5 Å². The van der Waals surface area contributed by atoms with Crippen molar-refractivity contribution >= 4 is 50.4 Å². The van der Waals surface area contributed by atoms with E-state index in [1.807, 2.05) is 0 Å². The van der Waals surface area contributed by atoms with Crippen LogP contribution >= 0.6 is 35.4 Å². The average Bonchev–Trinajstić information content (AvgIpc) is 2.31. The third-order valence-corrected chi connectivity index (χ3v) is 5.74. The molecule has 0 saturated carbocycles. The van der Waals surface area contributed by atoms with Crippen LogP contribution in [0.5, 0.6) is 0 Å². The molecule has 0 bridgehead atoms. The Kier molecular flexibility index (Phi) is 6.68. The van der Waals surface area contributed by atoms with Gasteiger partial charge < -0.3 is 5.73 Å². The molecule has 4 nitrogen and oxygen atoms in total. The normalized spacial score (nSPS) is 13.2. The molecule has 1 aromatic rings. The SMILES string of the molecule is CCC(C(N)=S)S(=O)(=O)NCCc1ccc(Cl)cc1Cl. The number of nitrogens with two attached hydrogens (primary N) is 1. The van der Waals surface area contributed by atoms with Crippen molar-refractivity contribution in [3.63, 3.8) is 0 Å². The predicted octanol–water partition coefficient (Wildman–Crippen LogP) is 2.52. The van der Waals surface area contributed by atoms with Gasteiger partial charge in [0.15, 0.2) is 0 Å². The fourth-order valence-electron chi connectivity index (χ4n) is 1.73. The van der Waals surface area contributed by atoms with Crippen molar-refractivity contribution in [3.05, 3.63) is 33.8 Å². The zero-order chi connectivity index (χ0) is 15.3. The largest absolute Gasteiger partial charge is 0.392 e. The molecule has 0 heterocycles. The molecule has 1 atom stereocenters. The highest BCUT2D eigenvalue weighted by Gasteiger charge is 2.25. The van der Waals surface area contributed by atoms with E-state index >= 15 is 0 Å². The van der Waals surface area contributed by atoms with Gasteiger partial charge >= 0.3 is 0 Å². The van der Waals surface area contributed by atoms with Crippen molar-refractivity contribution in [2.75, 3.05) is 6.54 Å². The molecule has 112 valence electrons. The lowest BCUT2D eigenvalue weighted by molar-refractivity contribution is 0.574. The number of halogens is 2. The van der Waals surface area contributed by atoms with E-state index in [1.54, 1.807) is 25.1 Å². The number of hydrogen-bond acceptors (Lipinski definition) is 3. The van der Waals surface area contributed by atoms with Gasteiger partial charge in [-0.2, -0.15) is 0 Å². The Hall–Kier alpha value is -0.400. The van der Waals surface area contributed by atoms with Crippen molar-refractivity contribution in [1.29, 1.82) is 0 Å². The molecule has 0 fully saturated rings. The van der Waals surface area contributed by atoms with Gasteiger partial charge in [0.25, 0.3) is 0 Å². The molecule has 0 aliphatic rings. The standard InChI is InChI=1S/C12H16Cl2N2O2S2/c1-2-11(12(15)19)20(17,18)16-6-5-8-3-4-9(13)7-10(8)14/h3-4,7,11,16H,2,5-6H2,1H3,(H2,15,19). The fourth-order valence-corrected chi connectivity index (χ4v) is 4.11. The van der Waals surface area contributed by atoms with Gasteiger partial charge in [-0.1, -0.05) is 48.4 Å². The molecule has 0 spiro atoms. The lowest BCUT2D eigenvalue weighted by Gasteiger charge is -2.15. The van der Waals surface area contributed by atoms with E-state index < -0.39 is 15.3 Å². The first kappa shape index (κ1) is 17.7. The summed E-state index contributed by atoms with van der Waals surface area (Å²) in [4.78, 5) is -0.0236. The Morgan fingerprint density at radius 2 is 2.10 bits per heavy atom. The van der Waals surface area contributed by atoms with Gasteiger partial charge in [-0.3, -0.25) is 0 Å². The first-order valence-electron chi connectivity index (χ1n) is 5.99. The highest BCUT2D eigenvalue weighted by atomic mass is 35.5. The summed E-state index contributed by atoms with van der Waals surface area (Å²) in [5.74, 6) is 0. The average molecular weight is 355 g/mol. The zero-order valence-corrected chi connectivity index (χ0v) is 14.0. The molecule has 0 aromatic heterocycles. The molecular formula is C12H16Cl2N2O2S2. The molecule has 0 aliphatic heterocycles. The minimum absolute atomic E-state index is 0.0236. The summed E-state index contributed by atoms with van der Waals surface area (Å²) in [5.41, 5.74) is 6.25. The molecule has 0 aliphatic carbocycles. The first-order valence-corrected chi connectivity index (χ1v) is 8.70. The summed E-state index contributed by atoms with van der Waals surface area (Å²) in [5, 5.41) is 0.204. The molecule has 0 saturated heterocycles. The molecule has 20 heavy (non-hydrogen) atoms. The van der Waals surface area contributed by atoms with Crippen LogP contribution in [0.4, 0.5) is 0 Å². The van der Waals surface area contributed by atoms with Gasteiger partial charge in [-0.25, -0.2) is 13.1 Å². The van der Waals surface area contributed by atoms with E-state index in [4.69, 9.17) is 41.2 Å². The van der Waals surface area contributed by atoms with Crippen LogP contribution < -0.4 is 10.5 Å². The molecule has 1 aromatic carbocycles. The summed E-state index contributed by atoms with van der Waals surface area (Å²) in [7, 11) is -3.55. The lowest BCUT2D eigenvalue weighted by atomic mass is 10.1. The maximum absolute atomic E-state index is 12.0. The Morgan fingerprint density at radius 3 is 2.60 bits per heavy atom. The van der Waals surface area contributed by atoms with E-state index in [2.05, 4.69) is 4.72 Å². The van der Waals surface area contributed by atoms with Crippen LogP contribution in [0.3, 0.4) is 0 Å². The van der Waals surface area contributed by atoms with Gasteiger partial charge in [0.2, 0.25) is 10.0 Å². The molecule has 0 radical (unpaired) electrons. The van der Waals surface area contributed by atoms with Crippen molar-refractivity contribution in [2.24, 2.45) is 5.73 Å². The van der Waals surface area contributed by atoms with Crippen LogP contribution in [-0.4, -0.2) is 25.2 Å². The van der Waals surface area contributed by atoms with Crippen LogP contribution in [-0.2, 0) is 16.4 Å². The predicted molar refractivity (Wildman–Crippen MR) is 88.0 cm³/mol. The Balaban J connectivity index is 2.66. The minimum atomic E-state index is -3.55. The molecule has 1 rings (SSSR count). The van der Waals surface area contributed by atoms with Crippen LogP contribution in [0.2, 0.25) is 10.0 Å². The van der Waals surface area contributed by atoms with Crippen molar-refractivity contribution in [1.82, 2.24) is 4.72 Å². The van der Waals surface area contributed by atoms with Gasteiger partial charge in [0.1, 0.15) is 5.25 Å². The highest BCUT2D eigenvalue weighted by molar-refractivity contribution is 7.93. The zero-order valence-electron chi connectivity index (χ0n) is 10.9. The first-order chi connectivity index (χ1) is 9.27. The molecular weight excluding hydrogens is 339 g/mol. The Morgan fingerprint density at radius 1 is 1.45 bits per heavy atom. The lowest BCUT2D eigenvalue weighted by Crippen LogP contribution is -2.42. The summed E-state index contributed by atoms with van der Waals surface area (Å²) in [6, 6.07) is 5.10. The van der Waals surface area contributed by atoms with E-state index in [9.17, 15) is 8.42 Å². The van der Waals surface area contributed by atoms with Gasteiger partial charge in [0.05, 0.1) is 4.99 Å². The van der Waals surface area contributed by atoms with E-state index in [0.717, 1.165) is 5.56 Å². The summed E-state index contributed by atoms with van der Waals surface area (Å²) in [6.07, 6.45) is 0.801. The number of benzene rings is 1. The van der Waals surface area contributed by atoms with Gasteiger partial charge in [-0.15, -0.1) is 0 Å². The summed E-state index contributed by atoms with van der Waals surface area (Å²) in [6.45, 7) is 1.95. The van der Waals surface area contributed by atoms with E-state index in [-0.39, 0.29) is 11.5 Å². The summed E-state index contributed by atoms with van der Waals surface area (Å²) < 4.78 is 26.5. The number of rotatable bonds is 7. The van der Waals surface area contributed by atoms with Crippen LogP contribution in [0.25, 0.3) is 0 Å². The minimum Gasteiger partial charge on any atom is -0.392 e. The third kappa shape index (κ3) is 4.86. The number of nitrogens with one attached hydrogen (secondary N) is 1. The second-order valence-electron chi connectivity index (χ2n) is 4.22. The van der Waals surface area contributed by atoms with Gasteiger partial charge in [0, 0.05) is 16.6 Å². The second-order valence-corrected chi connectivity index (χ2v) is 7.49. The maximum atomic E-state index is 12.0. The topological polar surface area (TPSA) is 72.2 Å². The molecule has 1 unspecified atom stereocenters. The monoisotopic (exact) mass is 354 g/mol. The maximum Gasteiger partial charge on any atom is 0.221 e. The third-order valence-electron chi connectivity index (χ3n) is 2.78. The van der Waals surface area contributed by atoms with Crippen LogP contribution in [0, 0.1) is 0 Å². The smallest absolute Gasteiger partial charge is 0.221 e. The van der Waals surface area contributed by atoms with E-state index in [1.165, 1.54) is 0 Å². The number of hydrogen-bond donors (Lipinski definition) is 2. The highest BCUT2D eigenvalue weighted by Crippen LogP contribution is 2.21. The van der Waals surface area contributed by atoms with Crippen LogP contribution in [0.1, 0.15) is 18.9 Å². The number of sulfonamides is 1. The van der Waals surface area contributed by atoms with Crippen LogP contribution in [0.15, 0.2) is 18.2 Å². The molecule has 3 N–H and O–H groups in total. The van der Waals surface area contributed by atoms with Crippen molar-refractivity contribution in [3.8, 4) is 0 Å². The number of thiocarbonyl (C=S) groups is 1. The Labute approximate surface area is 134 Å². The van der Waals surface area contributed by atoms with Crippen molar-refractivity contribution < 1.29 is 8.42 Å². The van der Waals surface area contributed by atoms with Crippen molar-refractivity contribution in [2.45, 2.75) is 25.0 Å². The quantitative estimate of drug-likeness (QED) is 0.738. The van der Waals surface area contributed by atoms with E-state index in [0.29, 0.717) is 22.9 Å². The second kappa shape index (κ2) is 7.56. The summed E-state index contributed by atoms with van der Waals surface area (Å²) >= 11 is 16.6. The molecule has 0 amide bonds. The fraction of sp³-hybridized carbons (Fsp3) is 0.417.